The van der Waals surface area contributed by atoms with E-state index in [2.05, 4.69) is 13.8 Å². The Morgan fingerprint density at radius 3 is 1.14 bits per heavy atom. The van der Waals surface area contributed by atoms with Gasteiger partial charge in [0.2, 0.25) is 0 Å². The molecule has 0 unspecified atom stereocenters. The van der Waals surface area contributed by atoms with Gasteiger partial charge in [0.25, 0.3) is 5.97 Å². The van der Waals surface area contributed by atoms with Gasteiger partial charge in [-0.3, -0.25) is 4.79 Å². The van der Waals surface area contributed by atoms with Gasteiger partial charge in [0.1, 0.15) is 0 Å². The average molecular weight is 510 g/mol. The van der Waals surface area contributed by atoms with E-state index < -0.39 is 15.9 Å². The van der Waals surface area contributed by atoms with Crippen LogP contribution in [0.25, 0.3) is 0 Å². The van der Waals surface area contributed by atoms with Gasteiger partial charge in [-0.1, -0.05) is 168 Å². The van der Waals surface area contributed by atoms with Crippen molar-refractivity contribution in [2.75, 3.05) is 6.61 Å². The zero-order valence-electron chi connectivity index (χ0n) is 24.1. The van der Waals surface area contributed by atoms with Gasteiger partial charge < -0.3 is 7.58 Å². The molecule has 0 bridgehead atoms. The maximum absolute atomic E-state index is 11.8. The van der Waals surface area contributed by atoms with Crippen molar-refractivity contribution in [3.63, 3.8) is 0 Å². The molecule has 35 heavy (non-hydrogen) atoms. The summed E-state index contributed by atoms with van der Waals surface area (Å²) in [6.45, 7) is 5.31. The standard InChI is InChI=1S/C18H36O2.C13H27O.Al/c1-2-3-4-5-6-7-8-9-10-11-12-13-14-15-16-17-18(19)20;1-2-3-4-5-6-7-8-9-10-11-12-13-14;/h2-17H2,1H3,(H,19,20);2-13H2,1H3;/q;-1;+2/p-1. The molecular formula is C31H62AlO3. The maximum atomic E-state index is 11.8. The molecule has 3 nitrogen and oxygen atoms in total. The fourth-order valence-electron chi connectivity index (χ4n) is 4.68. The van der Waals surface area contributed by atoms with E-state index in [4.69, 9.17) is 7.58 Å². The van der Waals surface area contributed by atoms with Crippen LogP contribution in [-0.4, -0.2) is 28.5 Å². The molecule has 0 aromatic heterocycles. The molecule has 0 aliphatic heterocycles. The molecule has 0 fully saturated rings. The summed E-state index contributed by atoms with van der Waals surface area (Å²) in [6, 6.07) is 0. The van der Waals surface area contributed by atoms with Gasteiger partial charge in [-0.15, -0.1) is 0 Å². The molecule has 0 rings (SSSR count). The van der Waals surface area contributed by atoms with E-state index in [0.29, 0.717) is 6.42 Å². The largest absolute Gasteiger partial charge is 0.776 e. The third-order valence-corrected chi connectivity index (χ3v) is 7.83. The van der Waals surface area contributed by atoms with Crippen LogP contribution >= 0.6 is 0 Å². The maximum Gasteiger partial charge on any atom is 0.776 e. The molecule has 0 aromatic rings. The quantitative estimate of drug-likeness (QED) is 0.0713. The van der Waals surface area contributed by atoms with Gasteiger partial charge in [0.05, 0.1) is 0 Å². The predicted molar refractivity (Wildman–Crippen MR) is 154 cm³/mol. The summed E-state index contributed by atoms with van der Waals surface area (Å²) in [4.78, 5) is 11.8. The zero-order chi connectivity index (χ0) is 25.5. The van der Waals surface area contributed by atoms with Crippen LogP contribution in [0.2, 0.25) is 0 Å². The van der Waals surface area contributed by atoms with Crippen LogP contribution in [0.3, 0.4) is 0 Å². The van der Waals surface area contributed by atoms with Gasteiger partial charge in [-0.25, -0.2) is 0 Å². The SMILES string of the molecule is CCCCCCCCCCCCCCCCCC(=O)[O][Al][O]CCCCCCCCCCCCC. The Kier molecular flexibility index (Phi) is 32.0. The zero-order valence-corrected chi connectivity index (χ0v) is 25.3. The average Bonchev–Trinajstić information content (AvgIpc) is 2.86. The fourth-order valence-corrected chi connectivity index (χ4v) is 5.24. The molecule has 0 atom stereocenters. The Hall–Kier alpha value is -0.0375. The lowest BCUT2D eigenvalue weighted by Crippen LogP contribution is -2.12. The van der Waals surface area contributed by atoms with Crippen molar-refractivity contribution in [1.82, 2.24) is 0 Å². The summed E-state index contributed by atoms with van der Waals surface area (Å²) < 4.78 is 10.8. The fraction of sp³-hybridized carbons (Fsp3) is 0.968. The molecule has 0 aromatic carbocycles. The Bertz CT molecular complexity index is 403. The Morgan fingerprint density at radius 2 is 0.771 bits per heavy atom. The molecule has 1 radical (unpaired) electrons. The van der Waals surface area contributed by atoms with Crippen molar-refractivity contribution in [1.29, 1.82) is 0 Å². The lowest BCUT2D eigenvalue weighted by Gasteiger charge is -2.06. The van der Waals surface area contributed by atoms with E-state index in [-0.39, 0.29) is 5.97 Å². The van der Waals surface area contributed by atoms with Crippen LogP contribution in [0.15, 0.2) is 0 Å². The van der Waals surface area contributed by atoms with Crippen LogP contribution in [0.5, 0.6) is 0 Å². The molecule has 207 valence electrons. The molecule has 0 N–H and O–H groups in total. The summed E-state index contributed by atoms with van der Waals surface area (Å²) >= 11 is -0.612. The van der Waals surface area contributed by atoms with Crippen molar-refractivity contribution < 1.29 is 12.4 Å². The third kappa shape index (κ3) is 31.9. The van der Waals surface area contributed by atoms with E-state index in [9.17, 15) is 4.79 Å². The first-order chi connectivity index (χ1) is 17.3. The molecule has 0 saturated carbocycles. The molecule has 4 heteroatoms. The smallest absolute Gasteiger partial charge is 0.600 e. The first kappa shape index (κ1) is 35.0. The normalized spacial score (nSPS) is 11.1. The van der Waals surface area contributed by atoms with E-state index in [1.807, 2.05) is 0 Å². The number of carbonyl (C=O) groups excluding carboxylic acids is 1. The number of carbonyl (C=O) groups is 1. The summed E-state index contributed by atoms with van der Waals surface area (Å²) in [7, 11) is 0. The van der Waals surface area contributed by atoms with Crippen molar-refractivity contribution in [3.8, 4) is 0 Å². The van der Waals surface area contributed by atoms with E-state index in [0.717, 1.165) is 25.9 Å². The van der Waals surface area contributed by atoms with Crippen LogP contribution in [0.1, 0.15) is 187 Å². The number of rotatable bonds is 30. The highest BCUT2D eigenvalue weighted by Crippen LogP contribution is 2.14. The van der Waals surface area contributed by atoms with Crippen molar-refractivity contribution >= 4 is 21.9 Å². The highest BCUT2D eigenvalue weighted by Gasteiger charge is 2.07. The van der Waals surface area contributed by atoms with Crippen LogP contribution in [0.4, 0.5) is 0 Å². The second kappa shape index (κ2) is 32.0. The van der Waals surface area contributed by atoms with Gasteiger partial charge in [0.15, 0.2) is 0 Å². The number of unbranched alkanes of at least 4 members (excludes halogenated alkanes) is 24. The first-order valence-corrected chi connectivity index (χ1v) is 16.9. The number of hydrogen-bond acceptors (Lipinski definition) is 3. The van der Waals surface area contributed by atoms with Crippen LogP contribution < -0.4 is 0 Å². The van der Waals surface area contributed by atoms with Gasteiger partial charge >= 0.3 is 15.9 Å². The Morgan fingerprint density at radius 1 is 0.457 bits per heavy atom. The van der Waals surface area contributed by atoms with Gasteiger partial charge in [-0.2, -0.15) is 0 Å². The van der Waals surface area contributed by atoms with Crippen molar-refractivity contribution in [2.24, 2.45) is 0 Å². The van der Waals surface area contributed by atoms with Crippen molar-refractivity contribution in [2.45, 2.75) is 187 Å². The van der Waals surface area contributed by atoms with Gasteiger partial charge in [0, 0.05) is 13.0 Å². The molecule has 0 amide bonds. The summed E-state index contributed by atoms with van der Waals surface area (Å²) in [5, 5.41) is 0. The highest BCUT2D eigenvalue weighted by atomic mass is 27.2. The molecule has 0 saturated heterocycles. The summed E-state index contributed by atoms with van der Waals surface area (Å²) in [6.07, 6.45) is 35.5. The molecule has 0 aliphatic rings. The predicted octanol–water partition coefficient (Wildman–Crippen LogP) is 10.7. The summed E-state index contributed by atoms with van der Waals surface area (Å²) in [5.74, 6) is -0.0615. The molecular weight excluding hydrogens is 447 g/mol. The first-order valence-electron chi connectivity index (χ1n) is 15.9. The number of hydrogen-bond donors (Lipinski definition) is 0. The lowest BCUT2D eigenvalue weighted by molar-refractivity contribution is -0.135. The third-order valence-electron chi connectivity index (χ3n) is 7.10. The van der Waals surface area contributed by atoms with Crippen molar-refractivity contribution in [3.05, 3.63) is 0 Å². The molecule has 0 heterocycles. The molecule has 0 spiro atoms. The molecule has 0 aliphatic carbocycles. The van der Waals surface area contributed by atoms with Crippen LogP contribution in [-0.2, 0) is 12.4 Å². The van der Waals surface area contributed by atoms with Gasteiger partial charge in [-0.05, 0) is 12.8 Å². The van der Waals surface area contributed by atoms with E-state index in [1.54, 1.807) is 0 Å². The minimum absolute atomic E-state index is 0.0615. The Labute approximate surface area is 227 Å². The van der Waals surface area contributed by atoms with Crippen LogP contribution in [0, 0.1) is 0 Å². The Balaban J connectivity index is 3.14. The van der Waals surface area contributed by atoms with E-state index >= 15 is 0 Å². The lowest BCUT2D eigenvalue weighted by atomic mass is 10.0. The minimum atomic E-state index is -0.612. The minimum Gasteiger partial charge on any atom is -0.600 e. The summed E-state index contributed by atoms with van der Waals surface area (Å²) in [5.41, 5.74) is 0. The second-order valence-corrected chi connectivity index (χ2v) is 11.5. The second-order valence-electron chi connectivity index (χ2n) is 10.7. The van der Waals surface area contributed by atoms with E-state index in [1.165, 1.54) is 148 Å². The topological polar surface area (TPSA) is 35.5 Å². The highest BCUT2D eigenvalue weighted by molar-refractivity contribution is 6.22. The monoisotopic (exact) mass is 509 g/mol.